The number of rotatable bonds is 10. The van der Waals surface area contributed by atoms with Gasteiger partial charge in [-0.25, -0.2) is 0 Å². The minimum atomic E-state index is -0.102. The first kappa shape index (κ1) is 19.0. The Labute approximate surface area is 139 Å². The number of hydrogen-bond acceptors (Lipinski definition) is 4. The monoisotopic (exact) mass is 320 g/mol. The van der Waals surface area contributed by atoms with Crippen molar-refractivity contribution in [2.45, 2.75) is 20.3 Å². The van der Waals surface area contributed by atoms with Crippen molar-refractivity contribution in [3.05, 3.63) is 29.8 Å². The quantitative estimate of drug-likeness (QED) is 0.532. The molecule has 1 N–H and O–H groups in total. The predicted molar refractivity (Wildman–Crippen MR) is 94.0 cm³/mol. The van der Waals surface area contributed by atoms with Crippen molar-refractivity contribution in [2.75, 3.05) is 40.4 Å². The van der Waals surface area contributed by atoms with Gasteiger partial charge in [0.25, 0.3) is 0 Å². The molecule has 0 unspecified atom stereocenters. The molecule has 0 bridgehead atoms. The molecule has 0 fully saturated rings. The second-order valence-corrected chi connectivity index (χ2v) is 5.11. The van der Waals surface area contributed by atoms with Gasteiger partial charge in [0.1, 0.15) is 11.5 Å². The Bertz CT molecular complexity index is 511. The van der Waals surface area contributed by atoms with E-state index in [1.165, 1.54) is 6.08 Å². The van der Waals surface area contributed by atoms with Crippen LogP contribution in [0.1, 0.15) is 25.8 Å². The fourth-order valence-electron chi connectivity index (χ4n) is 2.25. The Morgan fingerprint density at radius 2 is 1.96 bits per heavy atom. The predicted octanol–water partition coefficient (Wildman–Crippen LogP) is 2.57. The summed E-state index contributed by atoms with van der Waals surface area (Å²) in [7, 11) is 3.21. The third-order valence-corrected chi connectivity index (χ3v) is 3.70. The molecule has 1 rings (SSSR count). The molecule has 0 aliphatic heterocycles. The van der Waals surface area contributed by atoms with Gasteiger partial charge in [-0.3, -0.25) is 4.79 Å². The number of benzene rings is 1. The summed E-state index contributed by atoms with van der Waals surface area (Å²) in [4.78, 5) is 14.2. The summed E-state index contributed by atoms with van der Waals surface area (Å²) in [6, 6.07) is 5.48. The van der Waals surface area contributed by atoms with Gasteiger partial charge in [-0.1, -0.05) is 13.8 Å². The van der Waals surface area contributed by atoms with Crippen LogP contribution in [0.2, 0.25) is 0 Å². The van der Waals surface area contributed by atoms with Gasteiger partial charge in [0, 0.05) is 18.2 Å². The molecule has 1 amide bonds. The number of nitrogens with one attached hydrogen (secondary N) is 1. The lowest BCUT2D eigenvalue weighted by atomic mass is 10.1. The molecule has 1 aromatic rings. The smallest absolute Gasteiger partial charge is 0.244 e. The van der Waals surface area contributed by atoms with Gasteiger partial charge in [0.2, 0.25) is 5.91 Å². The number of methoxy groups -OCH3 is 2. The van der Waals surface area contributed by atoms with E-state index in [0.29, 0.717) is 12.3 Å². The van der Waals surface area contributed by atoms with E-state index in [2.05, 4.69) is 24.1 Å². The van der Waals surface area contributed by atoms with Gasteiger partial charge in [-0.05, 0) is 50.3 Å². The molecule has 5 heteroatoms. The van der Waals surface area contributed by atoms with Crippen molar-refractivity contribution in [1.29, 1.82) is 0 Å². The zero-order valence-electron chi connectivity index (χ0n) is 14.6. The topological polar surface area (TPSA) is 50.8 Å². The van der Waals surface area contributed by atoms with E-state index in [-0.39, 0.29) is 5.91 Å². The summed E-state index contributed by atoms with van der Waals surface area (Å²) in [5.41, 5.74) is 0.810. The second-order valence-electron chi connectivity index (χ2n) is 5.11. The molecule has 0 aliphatic carbocycles. The second kappa shape index (κ2) is 10.7. The molecule has 5 nitrogen and oxygen atoms in total. The van der Waals surface area contributed by atoms with Crippen LogP contribution in [0, 0.1) is 0 Å². The maximum atomic E-state index is 11.9. The molecule has 0 spiro atoms. The van der Waals surface area contributed by atoms with Crippen LogP contribution < -0.4 is 14.8 Å². The molecule has 0 saturated heterocycles. The lowest BCUT2D eigenvalue weighted by molar-refractivity contribution is -0.116. The van der Waals surface area contributed by atoms with Gasteiger partial charge in [-0.2, -0.15) is 0 Å². The maximum absolute atomic E-state index is 11.9. The molecule has 0 heterocycles. The molecule has 128 valence electrons. The first-order valence-electron chi connectivity index (χ1n) is 8.04. The number of hydrogen-bond donors (Lipinski definition) is 1. The molecule has 0 aromatic heterocycles. The van der Waals surface area contributed by atoms with E-state index < -0.39 is 0 Å². The Balaban J connectivity index is 2.49. The van der Waals surface area contributed by atoms with Crippen LogP contribution in [-0.2, 0) is 4.79 Å². The lowest BCUT2D eigenvalue weighted by Gasteiger charge is -2.17. The van der Waals surface area contributed by atoms with E-state index in [0.717, 1.165) is 37.4 Å². The van der Waals surface area contributed by atoms with Crippen LogP contribution >= 0.6 is 0 Å². The summed E-state index contributed by atoms with van der Waals surface area (Å²) in [5, 5.41) is 2.90. The van der Waals surface area contributed by atoms with Crippen molar-refractivity contribution < 1.29 is 14.3 Å². The first-order valence-corrected chi connectivity index (χ1v) is 8.04. The largest absolute Gasteiger partial charge is 0.497 e. The molecule has 0 saturated carbocycles. The normalized spacial score (nSPS) is 11.0. The van der Waals surface area contributed by atoms with Crippen LogP contribution in [0.4, 0.5) is 0 Å². The van der Waals surface area contributed by atoms with Gasteiger partial charge in [0.05, 0.1) is 14.2 Å². The highest BCUT2D eigenvalue weighted by molar-refractivity contribution is 5.92. The van der Waals surface area contributed by atoms with Gasteiger partial charge < -0.3 is 19.7 Å². The lowest BCUT2D eigenvalue weighted by Crippen LogP contribution is -2.29. The van der Waals surface area contributed by atoms with E-state index in [9.17, 15) is 4.79 Å². The van der Waals surface area contributed by atoms with Crippen molar-refractivity contribution in [3.63, 3.8) is 0 Å². The Kier molecular flexibility index (Phi) is 8.83. The molecular formula is C18H28N2O3. The number of nitrogens with zero attached hydrogens (tertiary/aromatic N) is 1. The zero-order chi connectivity index (χ0) is 17.1. The summed E-state index contributed by atoms with van der Waals surface area (Å²) >= 11 is 0. The zero-order valence-corrected chi connectivity index (χ0v) is 14.6. The van der Waals surface area contributed by atoms with Crippen molar-refractivity contribution in [3.8, 4) is 11.5 Å². The third kappa shape index (κ3) is 6.74. The van der Waals surface area contributed by atoms with Crippen molar-refractivity contribution >= 4 is 12.0 Å². The summed E-state index contributed by atoms with van der Waals surface area (Å²) < 4.78 is 10.5. The van der Waals surface area contributed by atoms with E-state index >= 15 is 0 Å². The minimum Gasteiger partial charge on any atom is -0.497 e. The van der Waals surface area contributed by atoms with Gasteiger partial charge >= 0.3 is 0 Å². The highest BCUT2D eigenvalue weighted by Crippen LogP contribution is 2.24. The molecule has 0 aliphatic rings. The van der Waals surface area contributed by atoms with Crippen LogP contribution in [0.25, 0.3) is 6.08 Å². The summed E-state index contributed by atoms with van der Waals surface area (Å²) in [6.07, 6.45) is 4.21. The van der Waals surface area contributed by atoms with E-state index in [1.807, 2.05) is 18.2 Å². The molecule has 0 atom stereocenters. The van der Waals surface area contributed by atoms with Crippen molar-refractivity contribution in [1.82, 2.24) is 10.2 Å². The average Bonchev–Trinajstić information content (AvgIpc) is 2.59. The van der Waals surface area contributed by atoms with Gasteiger partial charge in [0.15, 0.2) is 0 Å². The highest BCUT2D eigenvalue weighted by atomic mass is 16.5. The van der Waals surface area contributed by atoms with E-state index in [4.69, 9.17) is 9.47 Å². The molecule has 23 heavy (non-hydrogen) atoms. The molecule has 0 radical (unpaired) electrons. The third-order valence-electron chi connectivity index (χ3n) is 3.70. The average molecular weight is 320 g/mol. The first-order chi connectivity index (χ1) is 11.1. The maximum Gasteiger partial charge on any atom is 0.244 e. The molecular weight excluding hydrogens is 292 g/mol. The SMILES string of the molecule is CCN(CC)CCCNC(=O)/C=C/c1cc(OC)ccc1OC. The standard InChI is InChI=1S/C18H28N2O3/c1-5-20(6-2)13-7-12-19-18(21)11-8-15-14-16(22-3)9-10-17(15)23-4/h8-11,14H,5-7,12-13H2,1-4H3,(H,19,21)/b11-8+. The van der Waals surface area contributed by atoms with E-state index in [1.54, 1.807) is 20.3 Å². The fraction of sp³-hybridized carbons (Fsp3) is 0.500. The van der Waals surface area contributed by atoms with Crippen LogP contribution in [0.5, 0.6) is 11.5 Å². The highest BCUT2D eigenvalue weighted by Gasteiger charge is 2.03. The fourth-order valence-corrected chi connectivity index (χ4v) is 2.25. The Hall–Kier alpha value is -2.01. The van der Waals surface area contributed by atoms with Gasteiger partial charge in [-0.15, -0.1) is 0 Å². The number of amides is 1. The van der Waals surface area contributed by atoms with Crippen LogP contribution in [0.15, 0.2) is 24.3 Å². The minimum absolute atomic E-state index is 0.102. The van der Waals surface area contributed by atoms with Crippen molar-refractivity contribution in [2.24, 2.45) is 0 Å². The number of ether oxygens (including phenoxy) is 2. The van der Waals surface area contributed by atoms with Crippen LogP contribution in [0.3, 0.4) is 0 Å². The summed E-state index contributed by atoms with van der Waals surface area (Å²) in [6.45, 7) is 8.05. The Morgan fingerprint density at radius 1 is 1.22 bits per heavy atom. The number of carbonyl (C=O) groups excluding carboxylic acids is 1. The number of carbonyl (C=O) groups is 1. The Morgan fingerprint density at radius 3 is 2.57 bits per heavy atom. The van der Waals surface area contributed by atoms with Crippen LogP contribution in [-0.4, -0.2) is 51.2 Å². The molecule has 1 aromatic carbocycles. The summed E-state index contributed by atoms with van der Waals surface area (Å²) in [5.74, 6) is 1.33.